The highest BCUT2D eigenvalue weighted by molar-refractivity contribution is 5.66. The van der Waals surface area contributed by atoms with Gasteiger partial charge in [0.2, 0.25) is 0 Å². The fraction of sp³-hybridized carbons (Fsp3) is 0.160. The molecule has 5 rings (SSSR count). The monoisotopic (exact) mass is 395 g/mol. The van der Waals surface area contributed by atoms with Gasteiger partial charge in [-0.1, -0.05) is 63.2 Å². The van der Waals surface area contributed by atoms with E-state index in [1.165, 1.54) is 0 Å². The van der Waals surface area contributed by atoms with Gasteiger partial charge in [-0.25, -0.2) is 15.0 Å². The summed E-state index contributed by atoms with van der Waals surface area (Å²) in [5.41, 5.74) is 1.59. The van der Waals surface area contributed by atoms with Crippen LogP contribution in [0.3, 0.4) is 0 Å². The van der Waals surface area contributed by atoms with Gasteiger partial charge in [-0.05, 0) is 30.3 Å². The third kappa shape index (κ3) is 3.39. The molecular formula is C25H21N3O2. The molecule has 0 spiro atoms. The zero-order valence-electron chi connectivity index (χ0n) is 17.1. The number of benzene rings is 3. The Balaban J connectivity index is 1.61. The van der Waals surface area contributed by atoms with Crippen LogP contribution in [-0.4, -0.2) is 15.0 Å². The van der Waals surface area contributed by atoms with Crippen molar-refractivity contribution in [2.45, 2.75) is 26.2 Å². The Morgan fingerprint density at radius 1 is 0.567 bits per heavy atom. The fourth-order valence-corrected chi connectivity index (χ4v) is 3.22. The molecular weight excluding hydrogens is 374 g/mol. The summed E-state index contributed by atoms with van der Waals surface area (Å²) in [4.78, 5) is 14.3. The molecule has 0 aliphatic carbocycles. The van der Waals surface area contributed by atoms with Crippen LogP contribution < -0.4 is 9.47 Å². The van der Waals surface area contributed by atoms with Crippen molar-refractivity contribution in [3.8, 4) is 45.8 Å². The van der Waals surface area contributed by atoms with Crippen LogP contribution in [0.2, 0.25) is 0 Å². The fourth-order valence-electron chi connectivity index (χ4n) is 3.22. The van der Waals surface area contributed by atoms with Crippen LogP contribution in [0.1, 0.15) is 26.6 Å². The van der Waals surface area contributed by atoms with Crippen molar-refractivity contribution < 1.29 is 9.47 Å². The van der Waals surface area contributed by atoms with Crippen molar-refractivity contribution in [2.75, 3.05) is 0 Å². The number of hydrogen-bond acceptors (Lipinski definition) is 5. The van der Waals surface area contributed by atoms with Crippen molar-refractivity contribution in [1.82, 2.24) is 15.0 Å². The van der Waals surface area contributed by atoms with E-state index in [-0.39, 0.29) is 5.41 Å². The van der Waals surface area contributed by atoms with E-state index in [9.17, 15) is 0 Å². The molecule has 0 fully saturated rings. The minimum Gasteiger partial charge on any atom is -0.450 e. The highest BCUT2D eigenvalue weighted by Crippen LogP contribution is 2.46. The quantitative estimate of drug-likeness (QED) is 0.346. The molecule has 1 aliphatic rings. The highest BCUT2D eigenvalue weighted by atomic mass is 16.6. The van der Waals surface area contributed by atoms with Crippen LogP contribution in [-0.2, 0) is 5.41 Å². The first-order chi connectivity index (χ1) is 14.5. The Labute approximate surface area is 175 Å². The Hall–Kier alpha value is -3.73. The summed E-state index contributed by atoms with van der Waals surface area (Å²) < 4.78 is 12.0. The number of aromatic nitrogens is 3. The normalized spacial score (nSPS) is 12.4. The van der Waals surface area contributed by atoms with Gasteiger partial charge in [-0.2, -0.15) is 0 Å². The lowest BCUT2D eigenvalue weighted by atomic mass is 9.95. The second kappa shape index (κ2) is 6.95. The van der Waals surface area contributed by atoms with Crippen molar-refractivity contribution in [3.63, 3.8) is 0 Å². The summed E-state index contributed by atoms with van der Waals surface area (Å²) >= 11 is 0. The lowest BCUT2D eigenvalue weighted by Crippen LogP contribution is -2.18. The Morgan fingerprint density at radius 2 is 1.13 bits per heavy atom. The van der Waals surface area contributed by atoms with E-state index >= 15 is 0 Å². The minimum atomic E-state index is -0.214. The van der Waals surface area contributed by atoms with Crippen LogP contribution in [0.5, 0.6) is 23.0 Å². The maximum absolute atomic E-state index is 6.06. The molecule has 5 nitrogen and oxygen atoms in total. The average molecular weight is 395 g/mol. The lowest BCUT2D eigenvalue weighted by molar-refractivity contribution is 0.360. The summed E-state index contributed by atoms with van der Waals surface area (Å²) in [5.74, 6) is 4.73. The summed E-state index contributed by atoms with van der Waals surface area (Å²) in [6, 6.07) is 23.3. The second-order valence-electron chi connectivity index (χ2n) is 8.23. The third-order valence-electron chi connectivity index (χ3n) is 4.83. The molecule has 148 valence electrons. The number of para-hydroxylation sites is 2. The van der Waals surface area contributed by atoms with Crippen LogP contribution in [0, 0.1) is 0 Å². The first-order valence-electron chi connectivity index (χ1n) is 9.88. The van der Waals surface area contributed by atoms with Gasteiger partial charge in [0.05, 0.1) is 0 Å². The number of hydrogen-bond donors (Lipinski definition) is 0. The topological polar surface area (TPSA) is 57.1 Å². The van der Waals surface area contributed by atoms with E-state index in [1.54, 1.807) is 0 Å². The molecule has 3 aromatic carbocycles. The predicted octanol–water partition coefficient (Wildman–Crippen LogP) is 6.40. The third-order valence-corrected chi connectivity index (χ3v) is 4.83. The SMILES string of the molecule is CC(C)(C)c1nc(-c2ccccc2)nc(-c2ccc3c(c2)Oc2ccccc2O3)n1. The van der Waals surface area contributed by atoms with Crippen molar-refractivity contribution in [1.29, 1.82) is 0 Å². The summed E-state index contributed by atoms with van der Waals surface area (Å²) in [6.45, 7) is 6.30. The molecule has 0 bridgehead atoms. The first kappa shape index (κ1) is 18.3. The van der Waals surface area contributed by atoms with Gasteiger partial charge in [0.1, 0.15) is 5.82 Å². The molecule has 5 heteroatoms. The smallest absolute Gasteiger partial charge is 0.170 e. The molecule has 0 unspecified atom stereocenters. The zero-order valence-corrected chi connectivity index (χ0v) is 17.1. The maximum Gasteiger partial charge on any atom is 0.170 e. The Kier molecular flexibility index (Phi) is 4.24. The molecule has 0 saturated heterocycles. The van der Waals surface area contributed by atoms with Gasteiger partial charge in [0.15, 0.2) is 34.6 Å². The van der Waals surface area contributed by atoms with Crippen LogP contribution in [0.25, 0.3) is 22.8 Å². The van der Waals surface area contributed by atoms with Crippen LogP contribution >= 0.6 is 0 Å². The van der Waals surface area contributed by atoms with Gasteiger partial charge in [-0.3, -0.25) is 0 Å². The van der Waals surface area contributed by atoms with Crippen LogP contribution in [0.15, 0.2) is 72.8 Å². The number of rotatable bonds is 2. The molecule has 30 heavy (non-hydrogen) atoms. The molecule has 4 aromatic rings. The summed E-state index contributed by atoms with van der Waals surface area (Å²) in [7, 11) is 0. The Morgan fingerprint density at radius 3 is 1.80 bits per heavy atom. The van der Waals surface area contributed by atoms with Crippen molar-refractivity contribution >= 4 is 0 Å². The minimum absolute atomic E-state index is 0.214. The van der Waals surface area contributed by atoms with Gasteiger partial charge >= 0.3 is 0 Å². The van der Waals surface area contributed by atoms with Crippen molar-refractivity contribution in [3.05, 3.63) is 78.6 Å². The molecule has 2 heterocycles. The molecule has 0 radical (unpaired) electrons. The summed E-state index contributed by atoms with van der Waals surface area (Å²) in [6.07, 6.45) is 0. The van der Waals surface area contributed by atoms with E-state index in [4.69, 9.17) is 24.4 Å². The molecule has 1 aliphatic heterocycles. The van der Waals surface area contributed by atoms with Gasteiger partial charge in [0, 0.05) is 16.5 Å². The largest absolute Gasteiger partial charge is 0.450 e. The molecule has 0 atom stereocenters. The molecule has 1 aromatic heterocycles. The first-order valence-corrected chi connectivity index (χ1v) is 9.88. The second-order valence-corrected chi connectivity index (χ2v) is 8.23. The van der Waals surface area contributed by atoms with Crippen molar-refractivity contribution in [2.24, 2.45) is 0 Å². The molecule has 0 amide bonds. The predicted molar refractivity (Wildman–Crippen MR) is 116 cm³/mol. The Bertz CT molecular complexity index is 1230. The number of fused-ring (bicyclic) bond motifs is 2. The van der Waals surface area contributed by atoms with Gasteiger partial charge in [-0.15, -0.1) is 0 Å². The molecule has 0 saturated carbocycles. The molecule has 0 N–H and O–H groups in total. The lowest BCUT2D eigenvalue weighted by Gasteiger charge is -2.21. The van der Waals surface area contributed by atoms with Gasteiger partial charge < -0.3 is 9.47 Å². The summed E-state index contributed by atoms with van der Waals surface area (Å²) in [5, 5.41) is 0. The van der Waals surface area contributed by atoms with Gasteiger partial charge in [0.25, 0.3) is 0 Å². The van der Waals surface area contributed by atoms with E-state index in [0.717, 1.165) is 17.0 Å². The van der Waals surface area contributed by atoms with E-state index in [0.29, 0.717) is 34.6 Å². The number of ether oxygens (including phenoxy) is 2. The van der Waals surface area contributed by atoms with Crippen LogP contribution in [0.4, 0.5) is 0 Å². The van der Waals surface area contributed by atoms with E-state index in [1.807, 2.05) is 72.8 Å². The maximum atomic E-state index is 6.06. The standard InChI is InChI=1S/C25H21N3O2/c1-25(2,3)24-27-22(16-9-5-4-6-10-16)26-23(28-24)17-13-14-20-21(15-17)30-19-12-8-7-11-18(19)29-20/h4-15H,1-3H3. The average Bonchev–Trinajstić information content (AvgIpc) is 2.77. The number of nitrogens with zero attached hydrogens (tertiary/aromatic N) is 3. The van der Waals surface area contributed by atoms with E-state index in [2.05, 4.69) is 20.8 Å². The highest BCUT2D eigenvalue weighted by Gasteiger charge is 2.23. The van der Waals surface area contributed by atoms with E-state index < -0.39 is 0 Å². The zero-order chi connectivity index (χ0) is 20.7.